The number of hydrogen-bond acceptors (Lipinski definition) is 4. The molecule has 0 bridgehead atoms. The molecule has 0 saturated heterocycles. The Morgan fingerprint density at radius 2 is 2.21 bits per heavy atom. The molecule has 6 heteroatoms. The highest BCUT2D eigenvalue weighted by Crippen LogP contribution is 2.15. The van der Waals surface area contributed by atoms with E-state index >= 15 is 0 Å². The van der Waals surface area contributed by atoms with Crippen molar-refractivity contribution in [3.8, 4) is 0 Å². The third kappa shape index (κ3) is 3.59. The number of anilines is 1. The Bertz CT molecular complexity index is 601. The van der Waals surface area contributed by atoms with Gasteiger partial charge in [-0.1, -0.05) is 22.8 Å². The SMILES string of the molecule is NC(=NO)c1cc(CNc2cccc(Cl)c2)ccn1. The largest absolute Gasteiger partial charge is 0.409 e. The van der Waals surface area contributed by atoms with Gasteiger partial charge in [-0.2, -0.15) is 0 Å². The van der Waals surface area contributed by atoms with Crippen molar-refractivity contribution in [2.75, 3.05) is 5.32 Å². The number of nitrogens with two attached hydrogens (primary N) is 1. The van der Waals surface area contributed by atoms with Crippen molar-refractivity contribution in [3.63, 3.8) is 0 Å². The normalized spacial score (nSPS) is 11.3. The Kier molecular flexibility index (Phi) is 4.20. The molecule has 0 radical (unpaired) electrons. The second kappa shape index (κ2) is 6.06. The molecular formula is C13H13ClN4O. The number of aromatic nitrogens is 1. The van der Waals surface area contributed by atoms with Crippen molar-refractivity contribution in [1.29, 1.82) is 0 Å². The quantitative estimate of drug-likeness (QED) is 0.347. The lowest BCUT2D eigenvalue weighted by Gasteiger charge is -2.07. The van der Waals surface area contributed by atoms with Crippen LogP contribution in [0.1, 0.15) is 11.3 Å². The molecule has 2 rings (SSSR count). The van der Waals surface area contributed by atoms with Gasteiger partial charge in [0.25, 0.3) is 0 Å². The zero-order chi connectivity index (χ0) is 13.7. The van der Waals surface area contributed by atoms with E-state index in [9.17, 15) is 0 Å². The Balaban J connectivity index is 2.08. The van der Waals surface area contributed by atoms with Crippen molar-refractivity contribution < 1.29 is 5.21 Å². The molecule has 0 aliphatic heterocycles. The first-order valence-corrected chi connectivity index (χ1v) is 5.99. The Hall–Kier alpha value is -2.27. The van der Waals surface area contributed by atoms with E-state index < -0.39 is 0 Å². The maximum absolute atomic E-state index is 8.61. The molecule has 0 fully saturated rings. The number of hydrogen-bond donors (Lipinski definition) is 3. The molecule has 0 unspecified atom stereocenters. The van der Waals surface area contributed by atoms with Crippen LogP contribution in [-0.4, -0.2) is 16.0 Å². The molecule has 0 atom stereocenters. The van der Waals surface area contributed by atoms with E-state index in [1.54, 1.807) is 12.3 Å². The molecular weight excluding hydrogens is 264 g/mol. The summed E-state index contributed by atoms with van der Waals surface area (Å²) in [4.78, 5) is 4.01. The van der Waals surface area contributed by atoms with Crippen LogP contribution in [0.4, 0.5) is 5.69 Å². The van der Waals surface area contributed by atoms with E-state index in [4.69, 9.17) is 22.5 Å². The van der Waals surface area contributed by atoms with E-state index in [0.717, 1.165) is 11.3 Å². The molecule has 0 aliphatic carbocycles. The van der Waals surface area contributed by atoms with Gasteiger partial charge in [0.15, 0.2) is 5.84 Å². The Morgan fingerprint density at radius 3 is 2.95 bits per heavy atom. The van der Waals surface area contributed by atoms with Gasteiger partial charge in [-0.15, -0.1) is 0 Å². The van der Waals surface area contributed by atoms with Gasteiger partial charge in [0, 0.05) is 23.5 Å². The van der Waals surface area contributed by atoms with Crippen LogP contribution in [0.2, 0.25) is 5.02 Å². The van der Waals surface area contributed by atoms with Gasteiger partial charge in [-0.05, 0) is 35.9 Å². The van der Waals surface area contributed by atoms with Crippen LogP contribution in [0.5, 0.6) is 0 Å². The Labute approximate surface area is 115 Å². The number of nitrogens with zero attached hydrogens (tertiary/aromatic N) is 2. The molecule has 2 aromatic rings. The highest BCUT2D eigenvalue weighted by Gasteiger charge is 2.02. The van der Waals surface area contributed by atoms with Crippen LogP contribution in [0.3, 0.4) is 0 Å². The molecule has 19 heavy (non-hydrogen) atoms. The number of rotatable bonds is 4. The first kappa shape index (κ1) is 13.2. The van der Waals surface area contributed by atoms with Crippen LogP contribution in [0, 0.1) is 0 Å². The summed E-state index contributed by atoms with van der Waals surface area (Å²) < 4.78 is 0. The van der Waals surface area contributed by atoms with Crippen LogP contribution < -0.4 is 11.1 Å². The minimum absolute atomic E-state index is 0.00962. The van der Waals surface area contributed by atoms with Crippen LogP contribution in [0.25, 0.3) is 0 Å². The molecule has 0 aliphatic rings. The lowest BCUT2D eigenvalue weighted by Crippen LogP contribution is -2.15. The number of nitrogens with one attached hydrogen (secondary N) is 1. The second-order valence-corrected chi connectivity index (χ2v) is 4.33. The number of oxime groups is 1. The summed E-state index contributed by atoms with van der Waals surface area (Å²) in [5, 5.41) is 15.4. The topological polar surface area (TPSA) is 83.5 Å². The fraction of sp³-hybridized carbons (Fsp3) is 0.0769. The van der Waals surface area contributed by atoms with E-state index in [2.05, 4.69) is 15.5 Å². The lowest BCUT2D eigenvalue weighted by atomic mass is 10.2. The summed E-state index contributed by atoms with van der Waals surface area (Å²) >= 11 is 5.90. The number of halogens is 1. The molecule has 98 valence electrons. The molecule has 1 aromatic heterocycles. The third-order valence-corrected chi connectivity index (χ3v) is 2.75. The number of benzene rings is 1. The van der Waals surface area contributed by atoms with Crippen LogP contribution in [-0.2, 0) is 6.54 Å². The van der Waals surface area contributed by atoms with Crippen molar-refractivity contribution in [3.05, 3.63) is 58.9 Å². The zero-order valence-corrected chi connectivity index (χ0v) is 10.8. The van der Waals surface area contributed by atoms with Crippen LogP contribution in [0.15, 0.2) is 47.8 Å². The first-order chi connectivity index (χ1) is 9.19. The van der Waals surface area contributed by atoms with Gasteiger partial charge in [0.1, 0.15) is 5.69 Å². The fourth-order valence-electron chi connectivity index (χ4n) is 1.58. The minimum atomic E-state index is -0.00962. The van der Waals surface area contributed by atoms with Crippen molar-refractivity contribution in [2.45, 2.75) is 6.54 Å². The second-order valence-electron chi connectivity index (χ2n) is 3.90. The summed E-state index contributed by atoms with van der Waals surface area (Å²) in [6.07, 6.45) is 1.61. The predicted octanol–water partition coefficient (Wildman–Crippen LogP) is 2.44. The average molecular weight is 277 g/mol. The summed E-state index contributed by atoms with van der Waals surface area (Å²) in [7, 11) is 0. The molecule has 0 amide bonds. The van der Waals surface area contributed by atoms with Gasteiger partial charge in [-0.25, -0.2) is 0 Å². The van der Waals surface area contributed by atoms with Gasteiger partial charge < -0.3 is 16.3 Å². The summed E-state index contributed by atoms with van der Waals surface area (Å²) in [5.41, 5.74) is 7.82. The highest BCUT2D eigenvalue weighted by atomic mass is 35.5. The zero-order valence-electron chi connectivity index (χ0n) is 10.0. The summed E-state index contributed by atoms with van der Waals surface area (Å²) in [6.45, 7) is 0.592. The Morgan fingerprint density at radius 1 is 1.37 bits per heavy atom. The number of amidine groups is 1. The lowest BCUT2D eigenvalue weighted by molar-refractivity contribution is 0.318. The molecule has 4 N–H and O–H groups in total. The van der Waals surface area contributed by atoms with Crippen LogP contribution >= 0.6 is 11.6 Å². The predicted molar refractivity (Wildman–Crippen MR) is 75.5 cm³/mol. The smallest absolute Gasteiger partial charge is 0.188 e. The van der Waals surface area contributed by atoms with Crippen molar-refractivity contribution >= 4 is 23.1 Å². The molecule has 0 saturated carbocycles. The van der Waals surface area contributed by atoms with E-state index in [0.29, 0.717) is 17.3 Å². The van der Waals surface area contributed by atoms with Crippen molar-refractivity contribution in [2.24, 2.45) is 10.9 Å². The third-order valence-electron chi connectivity index (χ3n) is 2.52. The monoisotopic (exact) mass is 276 g/mol. The molecule has 1 aromatic carbocycles. The molecule has 5 nitrogen and oxygen atoms in total. The standard InChI is InChI=1S/C13H13ClN4O/c14-10-2-1-3-11(7-10)17-8-9-4-5-16-12(6-9)13(15)18-19/h1-7,17,19H,8H2,(H2,15,18). The minimum Gasteiger partial charge on any atom is -0.409 e. The molecule has 1 heterocycles. The summed E-state index contributed by atoms with van der Waals surface area (Å²) in [6, 6.07) is 11.1. The molecule has 0 spiro atoms. The highest BCUT2D eigenvalue weighted by molar-refractivity contribution is 6.30. The van der Waals surface area contributed by atoms with Gasteiger partial charge in [0.2, 0.25) is 0 Å². The maximum Gasteiger partial charge on any atom is 0.188 e. The van der Waals surface area contributed by atoms with E-state index in [1.165, 1.54) is 0 Å². The maximum atomic E-state index is 8.61. The average Bonchev–Trinajstić information content (AvgIpc) is 2.45. The van der Waals surface area contributed by atoms with Gasteiger partial charge in [0.05, 0.1) is 0 Å². The van der Waals surface area contributed by atoms with E-state index in [1.807, 2.05) is 30.3 Å². The first-order valence-electron chi connectivity index (χ1n) is 5.61. The van der Waals surface area contributed by atoms with Gasteiger partial charge >= 0.3 is 0 Å². The van der Waals surface area contributed by atoms with E-state index in [-0.39, 0.29) is 5.84 Å². The van der Waals surface area contributed by atoms with Crippen molar-refractivity contribution in [1.82, 2.24) is 4.98 Å². The fourth-order valence-corrected chi connectivity index (χ4v) is 1.77. The number of pyridine rings is 1. The van der Waals surface area contributed by atoms with Gasteiger partial charge in [-0.3, -0.25) is 4.98 Å². The summed E-state index contributed by atoms with van der Waals surface area (Å²) in [5.74, 6) is -0.00962.